The number of hydrogen-bond acceptors (Lipinski definition) is 5. The zero-order valence-corrected chi connectivity index (χ0v) is 15.1. The van der Waals surface area contributed by atoms with Crippen molar-refractivity contribution in [2.45, 2.75) is 0 Å². The van der Waals surface area contributed by atoms with Crippen LogP contribution in [0.1, 0.15) is 26.5 Å². The molecule has 2 amide bonds. The van der Waals surface area contributed by atoms with E-state index in [1.54, 1.807) is 6.07 Å². The van der Waals surface area contributed by atoms with Gasteiger partial charge in [-0.2, -0.15) is 5.26 Å². The van der Waals surface area contributed by atoms with Gasteiger partial charge in [0.05, 0.1) is 11.8 Å². The number of benzene rings is 1. The number of Topliss-reactive ketones (excluding diaryl/α,β-unsaturated/α-hetero) is 1. The second kappa shape index (κ2) is 7.24. The molecule has 0 atom stereocenters. The van der Waals surface area contributed by atoms with Crippen molar-refractivity contribution in [2.24, 2.45) is 0 Å². The Kier molecular flexibility index (Phi) is 4.60. The molecule has 1 aliphatic heterocycles. The van der Waals surface area contributed by atoms with Gasteiger partial charge in [0, 0.05) is 43.3 Å². The number of rotatable bonds is 3. The standard InChI is InChI=1S/C20H15FN4O4/c21-14-2-1-3-15-16(14)13(11-23-15)17(26)19(27)24-5-7-25(8-6-24)20(28)18-12(10-22)4-9-29-18/h1-4,9,11,23H,5-8H2. The Bertz CT molecular complexity index is 1160. The number of piperazine rings is 1. The second-order valence-corrected chi connectivity index (χ2v) is 6.55. The molecule has 0 unspecified atom stereocenters. The maximum atomic E-state index is 14.1. The van der Waals surface area contributed by atoms with E-state index >= 15 is 0 Å². The van der Waals surface area contributed by atoms with E-state index in [0.717, 1.165) is 0 Å². The van der Waals surface area contributed by atoms with E-state index in [-0.39, 0.29) is 48.5 Å². The van der Waals surface area contributed by atoms with E-state index in [0.29, 0.717) is 5.52 Å². The summed E-state index contributed by atoms with van der Waals surface area (Å²) >= 11 is 0. The molecule has 1 saturated heterocycles. The molecule has 3 aromatic rings. The van der Waals surface area contributed by atoms with Gasteiger partial charge in [-0.1, -0.05) is 6.07 Å². The minimum atomic E-state index is -0.807. The van der Waals surface area contributed by atoms with Crippen molar-refractivity contribution >= 4 is 28.5 Å². The lowest BCUT2D eigenvalue weighted by atomic mass is 10.1. The van der Waals surface area contributed by atoms with Crippen LogP contribution in [0.5, 0.6) is 0 Å². The van der Waals surface area contributed by atoms with Gasteiger partial charge < -0.3 is 19.2 Å². The normalized spacial score (nSPS) is 14.1. The third-order valence-corrected chi connectivity index (χ3v) is 4.93. The summed E-state index contributed by atoms with van der Waals surface area (Å²) in [5, 5.41) is 9.10. The summed E-state index contributed by atoms with van der Waals surface area (Å²) in [4.78, 5) is 43.4. The molecule has 2 aromatic heterocycles. The third-order valence-electron chi connectivity index (χ3n) is 4.93. The summed E-state index contributed by atoms with van der Waals surface area (Å²) in [6.07, 6.45) is 2.60. The highest BCUT2D eigenvalue weighted by Gasteiger charge is 2.31. The molecule has 9 heteroatoms. The first-order chi connectivity index (χ1) is 14.0. The fourth-order valence-corrected chi connectivity index (χ4v) is 3.40. The summed E-state index contributed by atoms with van der Waals surface area (Å²) < 4.78 is 19.2. The summed E-state index contributed by atoms with van der Waals surface area (Å²) in [5.41, 5.74) is 0.559. The highest BCUT2D eigenvalue weighted by molar-refractivity contribution is 6.44. The number of nitrogens with one attached hydrogen (secondary N) is 1. The van der Waals surface area contributed by atoms with Crippen LogP contribution in [0.3, 0.4) is 0 Å². The van der Waals surface area contributed by atoms with E-state index in [1.165, 1.54) is 40.5 Å². The first-order valence-corrected chi connectivity index (χ1v) is 8.87. The van der Waals surface area contributed by atoms with Gasteiger partial charge in [-0.3, -0.25) is 14.4 Å². The van der Waals surface area contributed by atoms with Crippen LogP contribution in [0.25, 0.3) is 10.9 Å². The molecule has 8 nitrogen and oxygen atoms in total. The first-order valence-electron chi connectivity index (χ1n) is 8.87. The quantitative estimate of drug-likeness (QED) is 0.539. The Labute approximate surface area is 164 Å². The maximum absolute atomic E-state index is 14.1. The maximum Gasteiger partial charge on any atom is 0.295 e. The number of amides is 2. The fraction of sp³-hybridized carbons (Fsp3) is 0.200. The Morgan fingerprint density at radius 3 is 2.55 bits per heavy atom. The summed E-state index contributed by atoms with van der Waals surface area (Å²) in [5.74, 6) is -2.63. The molecule has 3 heterocycles. The molecule has 0 radical (unpaired) electrons. The van der Waals surface area contributed by atoms with Crippen LogP contribution in [-0.4, -0.2) is 58.6 Å². The van der Waals surface area contributed by atoms with Gasteiger partial charge in [-0.15, -0.1) is 0 Å². The molecule has 1 aliphatic rings. The van der Waals surface area contributed by atoms with Crippen LogP contribution in [0.15, 0.2) is 41.1 Å². The smallest absolute Gasteiger partial charge is 0.295 e. The molecule has 146 valence electrons. The van der Waals surface area contributed by atoms with Gasteiger partial charge >= 0.3 is 0 Å². The van der Waals surface area contributed by atoms with Gasteiger partial charge in [-0.05, 0) is 18.2 Å². The molecule has 1 fully saturated rings. The second-order valence-electron chi connectivity index (χ2n) is 6.55. The number of ketones is 1. The van der Waals surface area contributed by atoms with Crippen LogP contribution >= 0.6 is 0 Å². The van der Waals surface area contributed by atoms with Crippen LogP contribution < -0.4 is 0 Å². The average Bonchev–Trinajstić information content (AvgIpc) is 3.40. The zero-order valence-electron chi connectivity index (χ0n) is 15.1. The number of fused-ring (bicyclic) bond motifs is 1. The molecule has 4 rings (SSSR count). The van der Waals surface area contributed by atoms with E-state index < -0.39 is 23.4 Å². The van der Waals surface area contributed by atoms with Gasteiger partial charge in [0.25, 0.3) is 17.6 Å². The Hall–Kier alpha value is -3.93. The average molecular weight is 394 g/mol. The van der Waals surface area contributed by atoms with E-state index in [9.17, 15) is 18.8 Å². The van der Waals surface area contributed by atoms with Crippen molar-refractivity contribution in [1.82, 2.24) is 14.8 Å². The van der Waals surface area contributed by atoms with Gasteiger partial charge in [0.15, 0.2) is 0 Å². The van der Waals surface area contributed by atoms with Crippen LogP contribution in [-0.2, 0) is 4.79 Å². The van der Waals surface area contributed by atoms with E-state index in [4.69, 9.17) is 9.68 Å². The molecule has 0 spiro atoms. The Morgan fingerprint density at radius 2 is 1.83 bits per heavy atom. The number of furan rings is 1. The van der Waals surface area contributed by atoms with Gasteiger partial charge in [0.2, 0.25) is 5.76 Å². The number of aromatic nitrogens is 1. The SMILES string of the molecule is N#Cc1ccoc1C(=O)N1CCN(C(=O)C(=O)c2c[nH]c3cccc(F)c23)CC1. The van der Waals surface area contributed by atoms with Crippen molar-refractivity contribution in [3.8, 4) is 6.07 Å². The minimum absolute atomic E-state index is 0.0177. The van der Waals surface area contributed by atoms with Gasteiger partial charge in [-0.25, -0.2) is 4.39 Å². The van der Waals surface area contributed by atoms with Crippen molar-refractivity contribution in [2.75, 3.05) is 26.2 Å². The van der Waals surface area contributed by atoms with E-state index in [2.05, 4.69) is 4.98 Å². The van der Waals surface area contributed by atoms with Crippen LogP contribution in [0, 0.1) is 17.1 Å². The Morgan fingerprint density at radius 1 is 1.10 bits per heavy atom. The third kappa shape index (κ3) is 3.14. The summed E-state index contributed by atoms with van der Waals surface area (Å²) in [6, 6.07) is 7.66. The lowest BCUT2D eigenvalue weighted by molar-refractivity contribution is -0.127. The van der Waals surface area contributed by atoms with Crippen molar-refractivity contribution in [3.05, 3.63) is 59.4 Å². The number of halogens is 1. The Balaban J connectivity index is 1.46. The van der Waals surface area contributed by atoms with Gasteiger partial charge in [0.1, 0.15) is 17.4 Å². The lowest BCUT2D eigenvalue weighted by Crippen LogP contribution is -2.52. The molecule has 0 bridgehead atoms. The molecule has 0 aliphatic carbocycles. The topological polar surface area (TPSA) is 110 Å². The number of hydrogen-bond donors (Lipinski definition) is 1. The number of H-pyrrole nitrogens is 1. The highest BCUT2D eigenvalue weighted by Crippen LogP contribution is 2.23. The fourth-order valence-electron chi connectivity index (χ4n) is 3.40. The lowest BCUT2D eigenvalue weighted by Gasteiger charge is -2.33. The summed E-state index contributed by atoms with van der Waals surface area (Å²) in [7, 11) is 0. The predicted molar refractivity (Wildman–Crippen MR) is 98.5 cm³/mol. The zero-order chi connectivity index (χ0) is 20.5. The molecule has 1 aromatic carbocycles. The molecule has 1 N–H and O–H groups in total. The van der Waals surface area contributed by atoms with Crippen LogP contribution in [0.4, 0.5) is 4.39 Å². The summed E-state index contributed by atoms with van der Waals surface area (Å²) in [6.45, 7) is 0.658. The highest BCUT2D eigenvalue weighted by atomic mass is 19.1. The monoisotopic (exact) mass is 394 g/mol. The predicted octanol–water partition coefficient (Wildman–Crippen LogP) is 1.94. The van der Waals surface area contributed by atoms with Crippen LogP contribution in [0.2, 0.25) is 0 Å². The largest absolute Gasteiger partial charge is 0.458 e. The van der Waals surface area contributed by atoms with Crippen molar-refractivity contribution in [1.29, 1.82) is 5.26 Å². The molecular weight excluding hydrogens is 379 g/mol. The van der Waals surface area contributed by atoms with Crippen molar-refractivity contribution < 1.29 is 23.2 Å². The molecule has 29 heavy (non-hydrogen) atoms. The number of nitrogens with zero attached hydrogens (tertiary/aromatic N) is 3. The number of aromatic amines is 1. The first kappa shape index (κ1) is 18.4. The van der Waals surface area contributed by atoms with Crippen molar-refractivity contribution in [3.63, 3.8) is 0 Å². The number of nitriles is 1. The molecule has 0 saturated carbocycles. The minimum Gasteiger partial charge on any atom is -0.458 e. The number of carbonyl (C=O) groups is 3. The van der Waals surface area contributed by atoms with E-state index in [1.807, 2.05) is 6.07 Å². The molecular formula is C20H15FN4O4. The number of carbonyl (C=O) groups excluding carboxylic acids is 3.